The summed E-state index contributed by atoms with van der Waals surface area (Å²) in [5.41, 5.74) is -0.868. The Morgan fingerprint density at radius 1 is 1.15 bits per heavy atom. The Hall–Kier alpha value is -1.85. The van der Waals surface area contributed by atoms with E-state index in [4.69, 9.17) is 0 Å². The average Bonchev–Trinajstić information content (AvgIpc) is 2.72. The highest BCUT2D eigenvalue weighted by atomic mass is 19.3. The van der Waals surface area contributed by atoms with Crippen LogP contribution in [0.1, 0.15) is 37.7 Å². The van der Waals surface area contributed by atoms with E-state index in [-0.39, 0.29) is 11.5 Å². The molecule has 3 rings (SSSR count). The van der Waals surface area contributed by atoms with Crippen molar-refractivity contribution >= 4 is 5.97 Å². The number of hydrogen-bond acceptors (Lipinski definition) is 3. The lowest BCUT2D eigenvalue weighted by molar-refractivity contribution is -0.287. The van der Waals surface area contributed by atoms with Crippen LogP contribution in [-0.2, 0) is 10.2 Å². The maximum Gasteiger partial charge on any atom is 0.586 e. The summed E-state index contributed by atoms with van der Waals surface area (Å²) in [6.45, 7) is 0. The summed E-state index contributed by atoms with van der Waals surface area (Å²) in [6, 6.07) is 4.43. The molecule has 6 heteroatoms. The van der Waals surface area contributed by atoms with E-state index in [2.05, 4.69) is 9.47 Å². The summed E-state index contributed by atoms with van der Waals surface area (Å²) in [6.07, 6.45) is -0.410. The molecule has 1 saturated carbocycles. The molecule has 0 radical (unpaired) electrons. The third kappa shape index (κ3) is 1.90. The minimum atomic E-state index is -3.73. The summed E-state index contributed by atoms with van der Waals surface area (Å²) in [5, 5.41) is 9.62. The van der Waals surface area contributed by atoms with Gasteiger partial charge in [-0.05, 0) is 18.9 Å². The molecule has 0 atom stereocenters. The molecule has 1 N–H and O–H groups in total. The van der Waals surface area contributed by atoms with Crippen LogP contribution in [0, 0.1) is 0 Å². The Morgan fingerprint density at radius 2 is 1.85 bits per heavy atom. The molecule has 1 aromatic rings. The van der Waals surface area contributed by atoms with Crippen LogP contribution < -0.4 is 9.47 Å². The van der Waals surface area contributed by atoms with Gasteiger partial charge in [-0.2, -0.15) is 0 Å². The van der Waals surface area contributed by atoms with Gasteiger partial charge in [-0.15, -0.1) is 8.78 Å². The zero-order valence-corrected chi connectivity index (χ0v) is 10.7. The first-order chi connectivity index (χ1) is 9.45. The third-order valence-electron chi connectivity index (χ3n) is 4.06. The van der Waals surface area contributed by atoms with Crippen molar-refractivity contribution in [2.75, 3.05) is 0 Å². The van der Waals surface area contributed by atoms with Crippen molar-refractivity contribution < 1.29 is 28.2 Å². The fourth-order valence-electron chi connectivity index (χ4n) is 3.10. The largest absolute Gasteiger partial charge is 0.586 e. The van der Waals surface area contributed by atoms with E-state index < -0.39 is 17.7 Å². The molecule has 1 aromatic carbocycles. The topological polar surface area (TPSA) is 55.8 Å². The summed E-state index contributed by atoms with van der Waals surface area (Å²) in [7, 11) is 0. The smallest absolute Gasteiger partial charge is 0.481 e. The Morgan fingerprint density at radius 3 is 2.50 bits per heavy atom. The van der Waals surface area contributed by atoms with Crippen molar-refractivity contribution in [2.45, 2.75) is 43.8 Å². The molecule has 4 nitrogen and oxygen atoms in total. The molecule has 0 saturated heterocycles. The second kappa shape index (κ2) is 4.33. The van der Waals surface area contributed by atoms with Gasteiger partial charge in [0.05, 0.1) is 5.41 Å². The van der Waals surface area contributed by atoms with Gasteiger partial charge >= 0.3 is 12.3 Å². The molecule has 0 amide bonds. The van der Waals surface area contributed by atoms with Gasteiger partial charge in [0, 0.05) is 5.56 Å². The molecule has 0 unspecified atom stereocenters. The number of fused-ring (bicyclic) bond motifs is 1. The van der Waals surface area contributed by atoms with Gasteiger partial charge in [0.15, 0.2) is 11.5 Å². The fourth-order valence-corrected chi connectivity index (χ4v) is 3.10. The minimum absolute atomic E-state index is 0.0984. The maximum absolute atomic E-state index is 13.2. The molecule has 1 aliphatic heterocycles. The molecule has 1 fully saturated rings. The molecule has 1 aliphatic carbocycles. The minimum Gasteiger partial charge on any atom is -0.481 e. The maximum atomic E-state index is 13.2. The Kier molecular flexibility index (Phi) is 2.84. The zero-order valence-electron chi connectivity index (χ0n) is 10.7. The highest BCUT2D eigenvalue weighted by Crippen LogP contribution is 2.51. The number of halogens is 2. The van der Waals surface area contributed by atoms with Gasteiger partial charge in [-0.25, -0.2) is 0 Å². The average molecular weight is 284 g/mol. The first kappa shape index (κ1) is 13.1. The van der Waals surface area contributed by atoms with Crippen molar-refractivity contribution in [1.82, 2.24) is 0 Å². The number of aliphatic carboxylic acids is 1. The molecule has 0 aromatic heterocycles. The second-order valence-corrected chi connectivity index (χ2v) is 5.25. The summed E-state index contributed by atoms with van der Waals surface area (Å²) in [5.74, 6) is -1.23. The molecule has 0 bridgehead atoms. The van der Waals surface area contributed by atoms with E-state index in [0.717, 1.165) is 19.3 Å². The van der Waals surface area contributed by atoms with Crippen LogP contribution in [0.3, 0.4) is 0 Å². The van der Waals surface area contributed by atoms with E-state index in [9.17, 15) is 18.7 Å². The van der Waals surface area contributed by atoms with Gasteiger partial charge in [-0.1, -0.05) is 31.4 Å². The molecular weight excluding hydrogens is 270 g/mol. The van der Waals surface area contributed by atoms with E-state index >= 15 is 0 Å². The number of ether oxygens (including phenoxy) is 2. The van der Waals surface area contributed by atoms with Crippen molar-refractivity contribution in [3.05, 3.63) is 23.8 Å². The number of benzene rings is 1. The summed E-state index contributed by atoms with van der Waals surface area (Å²) in [4.78, 5) is 11.8. The second-order valence-electron chi connectivity index (χ2n) is 5.25. The zero-order chi connectivity index (χ0) is 14.4. The number of para-hydroxylation sites is 1. The molecule has 108 valence electrons. The van der Waals surface area contributed by atoms with Crippen LogP contribution in [0.4, 0.5) is 8.78 Å². The van der Waals surface area contributed by atoms with Crippen LogP contribution in [0.15, 0.2) is 18.2 Å². The quantitative estimate of drug-likeness (QED) is 0.905. The lowest BCUT2D eigenvalue weighted by Gasteiger charge is -2.34. The van der Waals surface area contributed by atoms with Gasteiger partial charge < -0.3 is 14.6 Å². The predicted octanol–water partition coefficient (Wildman–Crippen LogP) is 3.29. The number of carboxylic acids is 1. The number of hydrogen-bond donors (Lipinski definition) is 1. The van der Waals surface area contributed by atoms with Crippen molar-refractivity contribution in [3.8, 4) is 11.5 Å². The number of alkyl halides is 2. The lowest BCUT2D eigenvalue weighted by atomic mass is 9.69. The van der Waals surface area contributed by atoms with Gasteiger partial charge in [0.25, 0.3) is 0 Å². The van der Waals surface area contributed by atoms with Crippen LogP contribution in [-0.4, -0.2) is 17.4 Å². The lowest BCUT2D eigenvalue weighted by Crippen LogP contribution is -2.38. The molecule has 20 heavy (non-hydrogen) atoms. The van der Waals surface area contributed by atoms with Crippen LogP contribution in [0.25, 0.3) is 0 Å². The molecule has 2 aliphatic rings. The molecule has 1 heterocycles. The standard InChI is InChI=1S/C14H14F2O4/c15-14(16)19-10-6-4-5-9(11(10)20-14)13(12(17)18)7-2-1-3-8-13/h4-6H,1-3,7-8H2,(H,17,18). The Labute approximate surface area is 114 Å². The van der Waals surface area contributed by atoms with Crippen LogP contribution >= 0.6 is 0 Å². The first-order valence-electron chi connectivity index (χ1n) is 6.57. The Bertz CT molecular complexity index is 550. The van der Waals surface area contributed by atoms with Gasteiger partial charge in [-0.3, -0.25) is 4.79 Å². The van der Waals surface area contributed by atoms with Crippen molar-refractivity contribution in [1.29, 1.82) is 0 Å². The van der Waals surface area contributed by atoms with Gasteiger partial charge in [0.1, 0.15) is 0 Å². The van der Waals surface area contributed by atoms with E-state index in [0.29, 0.717) is 18.4 Å². The molecular formula is C14H14F2O4. The number of rotatable bonds is 2. The van der Waals surface area contributed by atoms with E-state index in [1.165, 1.54) is 12.1 Å². The normalized spacial score (nSPS) is 22.5. The monoisotopic (exact) mass is 284 g/mol. The SMILES string of the molecule is O=C(O)C1(c2cccc3c2OC(F)(F)O3)CCCCC1. The van der Waals surface area contributed by atoms with Crippen LogP contribution in [0.2, 0.25) is 0 Å². The summed E-state index contributed by atoms with van der Waals surface area (Å²) >= 11 is 0. The first-order valence-corrected chi connectivity index (χ1v) is 6.57. The van der Waals surface area contributed by atoms with E-state index in [1.807, 2.05) is 0 Å². The van der Waals surface area contributed by atoms with Crippen molar-refractivity contribution in [2.24, 2.45) is 0 Å². The predicted molar refractivity (Wildman–Crippen MR) is 65.0 cm³/mol. The molecule has 0 spiro atoms. The third-order valence-corrected chi connectivity index (χ3v) is 4.06. The van der Waals surface area contributed by atoms with E-state index in [1.54, 1.807) is 6.07 Å². The number of carbonyl (C=O) groups is 1. The highest BCUT2D eigenvalue weighted by Gasteiger charge is 2.50. The van der Waals surface area contributed by atoms with Crippen LogP contribution in [0.5, 0.6) is 11.5 Å². The highest BCUT2D eigenvalue weighted by molar-refractivity contribution is 5.83. The Balaban J connectivity index is 2.10. The van der Waals surface area contributed by atoms with Gasteiger partial charge in [0.2, 0.25) is 0 Å². The fraction of sp³-hybridized carbons (Fsp3) is 0.500. The number of carboxylic acid groups (broad SMARTS) is 1. The van der Waals surface area contributed by atoms with Crippen molar-refractivity contribution in [3.63, 3.8) is 0 Å². The summed E-state index contributed by atoms with van der Waals surface area (Å²) < 4.78 is 35.4.